The lowest BCUT2D eigenvalue weighted by Crippen LogP contribution is -2.34. The summed E-state index contributed by atoms with van der Waals surface area (Å²) < 4.78 is 2.06. The summed E-state index contributed by atoms with van der Waals surface area (Å²) in [5, 5.41) is 0. The molecule has 0 saturated heterocycles. The molecule has 0 aliphatic heterocycles. The van der Waals surface area contributed by atoms with Crippen LogP contribution in [0.4, 0.5) is 5.82 Å². The number of rotatable bonds is 3. The molecule has 0 bridgehead atoms. The van der Waals surface area contributed by atoms with Crippen molar-refractivity contribution in [3.63, 3.8) is 0 Å². The third kappa shape index (κ3) is 2.67. The molecule has 5 heteroatoms. The molecular formula is C18H21N5. The van der Waals surface area contributed by atoms with Gasteiger partial charge in [-0.05, 0) is 25.0 Å². The zero-order chi connectivity index (χ0) is 15.6. The van der Waals surface area contributed by atoms with Crippen LogP contribution in [0, 0.1) is 0 Å². The van der Waals surface area contributed by atoms with Crippen molar-refractivity contribution in [2.45, 2.75) is 38.1 Å². The average Bonchev–Trinajstić information content (AvgIpc) is 3.10. The van der Waals surface area contributed by atoms with E-state index in [1.807, 2.05) is 36.9 Å². The first kappa shape index (κ1) is 14.2. The molecule has 0 radical (unpaired) electrons. The Balaban J connectivity index is 1.79. The van der Waals surface area contributed by atoms with Crippen LogP contribution in [0.3, 0.4) is 0 Å². The Labute approximate surface area is 136 Å². The van der Waals surface area contributed by atoms with E-state index in [0.717, 1.165) is 22.7 Å². The molecule has 3 aromatic rings. The molecule has 1 aliphatic rings. The van der Waals surface area contributed by atoms with Gasteiger partial charge in [0, 0.05) is 49.6 Å². The Morgan fingerprint density at radius 1 is 1.17 bits per heavy atom. The van der Waals surface area contributed by atoms with Crippen LogP contribution in [-0.4, -0.2) is 32.4 Å². The van der Waals surface area contributed by atoms with Crippen LogP contribution < -0.4 is 4.90 Å². The van der Waals surface area contributed by atoms with E-state index in [-0.39, 0.29) is 0 Å². The molecule has 1 aliphatic carbocycles. The minimum Gasteiger partial charge on any atom is -0.354 e. The van der Waals surface area contributed by atoms with Crippen molar-refractivity contribution in [1.29, 1.82) is 0 Å². The van der Waals surface area contributed by atoms with Gasteiger partial charge in [-0.15, -0.1) is 0 Å². The summed E-state index contributed by atoms with van der Waals surface area (Å²) in [4.78, 5) is 16.0. The Morgan fingerprint density at radius 2 is 2.04 bits per heavy atom. The van der Waals surface area contributed by atoms with Crippen molar-refractivity contribution >= 4 is 11.5 Å². The standard InChI is InChI=1S/C18H21N5/c1-22(15-7-3-2-4-8-15)18-17-20-10-11-23(17)13-16(21-18)14-6-5-9-19-12-14/h5-6,9-13,15H,2-4,7-8H2,1H3. The van der Waals surface area contributed by atoms with Crippen molar-refractivity contribution < 1.29 is 0 Å². The molecule has 0 spiro atoms. The van der Waals surface area contributed by atoms with E-state index in [0.29, 0.717) is 6.04 Å². The predicted molar refractivity (Wildman–Crippen MR) is 91.5 cm³/mol. The third-order valence-corrected chi connectivity index (χ3v) is 4.77. The first-order chi connectivity index (χ1) is 11.3. The second kappa shape index (κ2) is 5.99. The molecule has 4 rings (SSSR count). The van der Waals surface area contributed by atoms with Crippen LogP contribution in [0.15, 0.2) is 43.1 Å². The molecule has 1 fully saturated rings. The van der Waals surface area contributed by atoms with E-state index >= 15 is 0 Å². The molecule has 118 valence electrons. The van der Waals surface area contributed by atoms with Crippen molar-refractivity contribution in [3.8, 4) is 11.3 Å². The van der Waals surface area contributed by atoms with E-state index in [1.165, 1.54) is 32.1 Å². The molecule has 3 heterocycles. The summed E-state index contributed by atoms with van der Waals surface area (Å²) in [6.07, 6.45) is 15.9. The van der Waals surface area contributed by atoms with E-state index in [9.17, 15) is 0 Å². The van der Waals surface area contributed by atoms with E-state index in [4.69, 9.17) is 4.98 Å². The first-order valence-electron chi connectivity index (χ1n) is 8.30. The SMILES string of the molecule is CN(c1nc(-c2cccnc2)cn2ccnc12)C1CCCCC1. The molecule has 0 unspecified atom stereocenters. The van der Waals surface area contributed by atoms with Crippen LogP contribution in [0.1, 0.15) is 32.1 Å². The highest BCUT2D eigenvalue weighted by molar-refractivity contribution is 5.70. The van der Waals surface area contributed by atoms with Crippen molar-refractivity contribution in [3.05, 3.63) is 43.1 Å². The first-order valence-corrected chi connectivity index (χ1v) is 8.30. The maximum absolute atomic E-state index is 4.92. The summed E-state index contributed by atoms with van der Waals surface area (Å²) >= 11 is 0. The van der Waals surface area contributed by atoms with Crippen molar-refractivity contribution in [1.82, 2.24) is 19.4 Å². The topological polar surface area (TPSA) is 46.3 Å². The van der Waals surface area contributed by atoms with E-state index < -0.39 is 0 Å². The Kier molecular flexibility index (Phi) is 3.69. The van der Waals surface area contributed by atoms with Gasteiger partial charge in [0.25, 0.3) is 0 Å². The fraction of sp³-hybridized carbons (Fsp3) is 0.389. The van der Waals surface area contributed by atoms with Gasteiger partial charge in [-0.2, -0.15) is 0 Å². The highest BCUT2D eigenvalue weighted by Crippen LogP contribution is 2.29. The van der Waals surface area contributed by atoms with Gasteiger partial charge < -0.3 is 9.30 Å². The van der Waals surface area contributed by atoms with Crippen LogP contribution >= 0.6 is 0 Å². The van der Waals surface area contributed by atoms with Gasteiger partial charge in [-0.25, -0.2) is 9.97 Å². The van der Waals surface area contributed by atoms with Gasteiger partial charge in [-0.3, -0.25) is 4.98 Å². The van der Waals surface area contributed by atoms with Gasteiger partial charge in [0.05, 0.1) is 5.69 Å². The maximum Gasteiger partial charge on any atom is 0.180 e. The molecule has 0 amide bonds. The fourth-order valence-electron chi connectivity index (χ4n) is 3.45. The van der Waals surface area contributed by atoms with Gasteiger partial charge in [0.15, 0.2) is 11.5 Å². The molecule has 0 N–H and O–H groups in total. The van der Waals surface area contributed by atoms with Crippen LogP contribution in [-0.2, 0) is 0 Å². The lowest BCUT2D eigenvalue weighted by Gasteiger charge is -2.32. The van der Waals surface area contributed by atoms with E-state index in [1.54, 1.807) is 6.20 Å². The Bertz CT molecular complexity index is 790. The second-order valence-electron chi connectivity index (χ2n) is 6.25. The van der Waals surface area contributed by atoms with Gasteiger partial charge >= 0.3 is 0 Å². The molecule has 0 atom stereocenters. The second-order valence-corrected chi connectivity index (χ2v) is 6.25. The molecule has 23 heavy (non-hydrogen) atoms. The zero-order valence-corrected chi connectivity index (χ0v) is 13.4. The molecule has 3 aromatic heterocycles. The number of anilines is 1. The van der Waals surface area contributed by atoms with E-state index in [2.05, 4.69) is 26.3 Å². The number of fused-ring (bicyclic) bond motifs is 1. The van der Waals surface area contributed by atoms with Crippen LogP contribution in [0.5, 0.6) is 0 Å². The molecule has 1 saturated carbocycles. The predicted octanol–water partition coefficient (Wildman–Crippen LogP) is 3.56. The highest BCUT2D eigenvalue weighted by Gasteiger charge is 2.22. The smallest absolute Gasteiger partial charge is 0.180 e. The summed E-state index contributed by atoms with van der Waals surface area (Å²) in [5.41, 5.74) is 2.88. The number of aromatic nitrogens is 4. The minimum atomic E-state index is 0.556. The number of hydrogen-bond acceptors (Lipinski definition) is 4. The average molecular weight is 307 g/mol. The van der Waals surface area contributed by atoms with Gasteiger partial charge in [0.1, 0.15) is 0 Å². The van der Waals surface area contributed by atoms with Crippen LogP contribution in [0.25, 0.3) is 16.9 Å². The number of pyridine rings is 1. The van der Waals surface area contributed by atoms with Crippen molar-refractivity contribution in [2.24, 2.45) is 0 Å². The maximum atomic E-state index is 4.92. The zero-order valence-electron chi connectivity index (χ0n) is 13.4. The number of hydrogen-bond donors (Lipinski definition) is 0. The lowest BCUT2D eigenvalue weighted by atomic mass is 9.94. The molecular weight excluding hydrogens is 286 g/mol. The number of nitrogens with zero attached hydrogens (tertiary/aromatic N) is 5. The molecule has 5 nitrogen and oxygen atoms in total. The number of imidazole rings is 1. The molecule has 0 aromatic carbocycles. The third-order valence-electron chi connectivity index (χ3n) is 4.77. The van der Waals surface area contributed by atoms with Crippen LogP contribution in [0.2, 0.25) is 0 Å². The largest absolute Gasteiger partial charge is 0.354 e. The normalized spacial score (nSPS) is 15.9. The monoisotopic (exact) mass is 307 g/mol. The summed E-state index contributed by atoms with van der Waals surface area (Å²) in [6.45, 7) is 0. The Morgan fingerprint density at radius 3 is 2.83 bits per heavy atom. The minimum absolute atomic E-state index is 0.556. The summed E-state index contributed by atoms with van der Waals surface area (Å²) in [5.74, 6) is 0.961. The van der Waals surface area contributed by atoms with Crippen molar-refractivity contribution in [2.75, 3.05) is 11.9 Å². The fourth-order valence-corrected chi connectivity index (χ4v) is 3.45. The van der Waals surface area contributed by atoms with Gasteiger partial charge in [-0.1, -0.05) is 19.3 Å². The lowest BCUT2D eigenvalue weighted by molar-refractivity contribution is 0.426. The summed E-state index contributed by atoms with van der Waals surface area (Å²) in [7, 11) is 2.15. The van der Waals surface area contributed by atoms with Gasteiger partial charge in [0.2, 0.25) is 0 Å². The Hall–Kier alpha value is -2.43. The quantitative estimate of drug-likeness (QED) is 0.742. The summed E-state index contributed by atoms with van der Waals surface area (Å²) in [6, 6.07) is 4.54. The highest BCUT2D eigenvalue weighted by atomic mass is 15.2.